The van der Waals surface area contributed by atoms with Crippen molar-refractivity contribution in [1.29, 1.82) is 0 Å². The maximum absolute atomic E-state index is 12.5. The van der Waals surface area contributed by atoms with Gasteiger partial charge < -0.3 is 4.74 Å². The van der Waals surface area contributed by atoms with Crippen molar-refractivity contribution >= 4 is 54.1 Å². The molecule has 2 nitrogen and oxygen atoms in total. The van der Waals surface area contributed by atoms with Crippen LogP contribution in [0.3, 0.4) is 0 Å². The van der Waals surface area contributed by atoms with E-state index in [1.54, 1.807) is 18.4 Å². The van der Waals surface area contributed by atoms with Crippen LogP contribution < -0.4 is 10.2 Å². The lowest BCUT2D eigenvalue weighted by Gasteiger charge is -2.04. The Bertz CT molecular complexity index is 823. The largest absolute Gasteiger partial charge is 0.497 e. The van der Waals surface area contributed by atoms with Crippen molar-refractivity contribution in [1.82, 2.24) is 0 Å². The van der Waals surface area contributed by atoms with Gasteiger partial charge in [-0.05, 0) is 35.9 Å². The number of alkyl halides is 1. The van der Waals surface area contributed by atoms with Crippen molar-refractivity contribution in [3.63, 3.8) is 0 Å². The summed E-state index contributed by atoms with van der Waals surface area (Å²) >= 11 is 3.99. The number of halogens is 1. The van der Waals surface area contributed by atoms with E-state index in [0.717, 1.165) is 30.3 Å². The van der Waals surface area contributed by atoms with Gasteiger partial charge in [-0.1, -0.05) is 28.7 Å². The fourth-order valence-electron chi connectivity index (χ4n) is 2.09. The molecule has 0 unspecified atom stereocenters. The van der Waals surface area contributed by atoms with Crippen LogP contribution in [0.1, 0.15) is 5.56 Å². The molecule has 0 fully saturated rings. The van der Waals surface area contributed by atoms with Crippen LogP contribution in [0.2, 0.25) is 0 Å². The molecule has 3 rings (SSSR count). The van der Waals surface area contributed by atoms with Gasteiger partial charge in [-0.3, -0.25) is 4.79 Å². The number of benzene rings is 2. The maximum Gasteiger partial charge on any atom is 0.196 e. The molecule has 0 radical (unpaired) electrons. The third-order valence-electron chi connectivity index (χ3n) is 3.10. The van der Waals surface area contributed by atoms with Crippen molar-refractivity contribution in [3.05, 3.63) is 52.2 Å². The summed E-state index contributed by atoms with van der Waals surface area (Å²) in [7, 11) is 1.61. The third kappa shape index (κ3) is 2.23. The van der Waals surface area contributed by atoms with Crippen molar-refractivity contribution in [2.45, 2.75) is 4.43 Å². The molecule has 0 amide bonds. The van der Waals surface area contributed by atoms with Crippen LogP contribution in [0.25, 0.3) is 20.2 Å². The molecule has 1 aromatic heterocycles. The third-order valence-corrected chi connectivity index (χ3v) is 5.11. The van der Waals surface area contributed by atoms with Gasteiger partial charge in [-0.2, -0.15) is 0 Å². The van der Waals surface area contributed by atoms with Crippen LogP contribution in [0.5, 0.6) is 5.75 Å². The second-order valence-electron chi connectivity index (χ2n) is 4.26. The van der Waals surface area contributed by atoms with Crippen LogP contribution in [0.15, 0.2) is 41.2 Å². The summed E-state index contributed by atoms with van der Waals surface area (Å²) in [6.45, 7) is 0. The molecule has 96 valence electrons. The lowest BCUT2D eigenvalue weighted by Crippen LogP contribution is -2.01. The molecule has 2 aromatic carbocycles. The Morgan fingerprint density at radius 3 is 2.68 bits per heavy atom. The summed E-state index contributed by atoms with van der Waals surface area (Å²) < 4.78 is 8.20. The Balaban J connectivity index is 2.41. The van der Waals surface area contributed by atoms with Crippen LogP contribution in [0.4, 0.5) is 0 Å². The van der Waals surface area contributed by atoms with Crippen molar-refractivity contribution < 1.29 is 4.74 Å². The lowest BCUT2D eigenvalue weighted by molar-refractivity contribution is 0.415. The van der Waals surface area contributed by atoms with Crippen LogP contribution in [-0.4, -0.2) is 7.11 Å². The van der Waals surface area contributed by atoms with Crippen LogP contribution >= 0.6 is 33.9 Å². The number of rotatable bonds is 2. The van der Waals surface area contributed by atoms with Crippen LogP contribution in [-0.2, 0) is 4.43 Å². The summed E-state index contributed by atoms with van der Waals surface area (Å²) in [5.41, 5.74) is 1.33. The zero-order chi connectivity index (χ0) is 13.4. The highest BCUT2D eigenvalue weighted by molar-refractivity contribution is 14.1. The van der Waals surface area contributed by atoms with E-state index in [2.05, 4.69) is 28.7 Å². The van der Waals surface area contributed by atoms with Gasteiger partial charge in [0.05, 0.1) is 7.11 Å². The van der Waals surface area contributed by atoms with E-state index >= 15 is 0 Å². The number of ether oxygens (including phenoxy) is 1. The Hall–Kier alpha value is -1.14. The fraction of sp³-hybridized carbons (Fsp3) is 0.133. The molecule has 3 aromatic rings. The summed E-state index contributed by atoms with van der Waals surface area (Å²) in [6.07, 6.45) is 0. The topological polar surface area (TPSA) is 26.3 Å². The highest BCUT2D eigenvalue weighted by Gasteiger charge is 2.07. The molecule has 0 saturated heterocycles. The molecule has 1 heterocycles. The quantitative estimate of drug-likeness (QED) is 0.374. The van der Waals surface area contributed by atoms with Gasteiger partial charge in [0, 0.05) is 24.6 Å². The summed E-state index contributed by atoms with van der Waals surface area (Å²) in [5.74, 6) is 0.722. The maximum atomic E-state index is 12.5. The molecule has 0 aliphatic rings. The second kappa shape index (κ2) is 5.09. The van der Waals surface area contributed by atoms with E-state index in [9.17, 15) is 4.79 Å². The molecule has 0 saturated carbocycles. The molecule has 4 heteroatoms. The van der Waals surface area contributed by atoms with Gasteiger partial charge in [0.1, 0.15) is 5.75 Å². The molecular formula is C15H11IO2S. The molecular weight excluding hydrogens is 371 g/mol. The molecule has 0 atom stereocenters. The number of methoxy groups -OCH3 is 1. The van der Waals surface area contributed by atoms with E-state index in [1.165, 1.54) is 5.56 Å². The molecule has 0 N–H and O–H groups in total. The van der Waals surface area contributed by atoms with Gasteiger partial charge >= 0.3 is 0 Å². The predicted octanol–water partition coefficient (Wildman–Crippen LogP) is 4.36. The van der Waals surface area contributed by atoms with Gasteiger partial charge in [0.15, 0.2) is 5.43 Å². The number of hydrogen-bond donors (Lipinski definition) is 0. The van der Waals surface area contributed by atoms with E-state index in [-0.39, 0.29) is 5.43 Å². The van der Waals surface area contributed by atoms with Gasteiger partial charge in [0.25, 0.3) is 0 Å². The first kappa shape index (κ1) is 12.9. The fourth-order valence-corrected chi connectivity index (χ4v) is 3.68. The first-order valence-corrected chi connectivity index (χ1v) is 8.16. The van der Waals surface area contributed by atoms with E-state index in [4.69, 9.17) is 4.74 Å². The smallest absolute Gasteiger partial charge is 0.196 e. The van der Waals surface area contributed by atoms with Crippen molar-refractivity contribution in [3.8, 4) is 5.75 Å². The van der Waals surface area contributed by atoms with Gasteiger partial charge in [-0.25, -0.2) is 0 Å². The molecule has 0 aliphatic heterocycles. The average Bonchev–Trinajstić information content (AvgIpc) is 2.46. The molecule has 0 aliphatic carbocycles. The molecule has 0 bridgehead atoms. The van der Waals surface area contributed by atoms with E-state index < -0.39 is 0 Å². The minimum atomic E-state index is 0.0858. The van der Waals surface area contributed by atoms with Crippen molar-refractivity contribution in [2.24, 2.45) is 0 Å². The van der Waals surface area contributed by atoms with E-state index in [0.29, 0.717) is 0 Å². The Morgan fingerprint density at radius 1 is 1.11 bits per heavy atom. The highest BCUT2D eigenvalue weighted by atomic mass is 127. The van der Waals surface area contributed by atoms with Crippen LogP contribution in [0, 0.1) is 0 Å². The van der Waals surface area contributed by atoms with Crippen molar-refractivity contribution in [2.75, 3.05) is 7.11 Å². The molecule has 0 spiro atoms. The SMILES string of the molecule is COc1ccc2sc3cc(CI)ccc3c(=O)c2c1. The minimum absolute atomic E-state index is 0.0858. The zero-order valence-electron chi connectivity index (χ0n) is 10.3. The first-order valence-electron chi connectivity index (χ1n) is 5.82. The zero-order valence-corrected chi connectivity index (χ0v) is 13.2. The Kier molecular flexibility index (Phi) is 3.45. The summed E-state index contributed by atoms with van der Waals surface area (Å²) in [6, 6.07) is 11.7. The Morgan fingerprint density at radius 2 is 1.95 bits per heavy atom. The lowest BCUT2D eigenvalue weighted by atomic mass is 10.1. The highest BCUT2D eigenvalue weighted by Crippen LogP contribution is 2.28. The Labute approximate surface area is 128 Å². The number of hydrogen-bond acceptors (Lipinski definition) is 3. The number of fused-ring (bicyclic) bond motifs is 2. The van der Waals surface area contributed by atoms with Gasteiger partial charge in [0.2, 0.25) is 0 Å². The second-order valence-corrected chi connectivity index (χ2v) is 6.10. The standard InChI is InChI=1S/C15H11IO2S/c1-18-10-3-5-13-12(7-10)15(17)11-4-2-9(8-16)6-14(11)19-13/h2-7H,8H2,1H3. The van der Waals surface area contributed by atoms with Gasteiger partial charge in [-0.15, -0.1) is 11.3 Å². The normalized spacial score (nSPS) is 11.1. The summed E-state index contributed by atoms with van der Waals surface area (Å²) in [4.78, 5) is 12.5. The first-order chi connectivity index (χ1) is 9.22. The molecule has 19 heavy (non-hydrogen) atoms. The average molecular weight is 382 g/mol. The monoisotopic (exact) mass is 382 g/mol. The minimum Gasteiger partial charge on any atom is -0.497 e. The summed E-state index contributed by atoms with van der Waals surface area (Å²) in [5, 5.41) is 1.53. The van der Waals surface area contributed by atoms with E-state index in [1.807, 2.05) is 30.3 Å². The predicted molar refractivity (Wildman–Crippen MR) is 89.9 cm³/mol.